The maximum absolute atomic E-state index is 13.2. The Hall–Kier alpha value is -2.95. The zero-order valence-corrected chi connectivity index (χ0v) is 18.3. The van der Waals surface area contributed by atoms with E-state index >= 15 is 0 Å². The molecule has 2 aliphatic rings. The topological polar surface area (TPSA) is 82.8 Å². The van der Waals surface area contributed by atoms with E-state index in [-0.39, 0.29) is 24.0 Å². The quantitative estimate of drug-likeness (QED) is 0.733. The highest BCUT2D eigenvalue weighted by Gasteiger charge is 2.51. The first-order chi connectivity index (χ1) is 15.0. The van der Waals surface area contributed by atoms with E-state index in [9.17, 15) is 15.2 Å². The van der Waals surface area contributed by atoms with Crippen LogP contribution in [0.1, 0.15) is 37.3 Å². The van der Waals surface area contributed by atoms with Gasteiger partial charge in [-0.15, -0.1) is 11.8 Å². The smallest absolute Gasteiger partial charge is 0.231 e. The van der Waals surface area contributed by atoms with E-state index in [4.69, 9.17) is 9.47 Å². The van der Waals surface area contributed by atoms with Crippen LogP contribution < -0.4 is 9.47 Å². The molecule has 1 N–H and O–H groups in total. The molecular weight excluding hydrogens is 412 g/mol. The van der Waals surface area contributed by atoms with Crippen molar-refractivity contribution in [2.75, 3.05) is 19.0 Å². The highest BCUT2D eigenvalue weighted by atomic mass is 32.2. The number of hydrogen-bond donors (Lipinski definition) is 1. The second-order valence-corrected chi connectivity index (χ2v) is 8.35. The fraction of sp³-hybridized carbons (Fsp3) is 0.333. The molecule has 31 heavy (non-hydrogen) atoms. The van der Waals surface area contributed by atoms with Gasteiger partial charge in [-0.2, -0.15) is 5.26 Å². The Bertz CT molecular complexity index is 1040. The Morgan fingerprint density at radius 3 is 2.23 bits per heavy atom. The van der Waals surface area contributed by atoms with Crippen molar-refractivity contribution in [3.05, 3.63) is 70.3 Å². The first kappa shape index (κ1) is 21.3. The number of fused-ring (bicyclic) bond motifs is 1. The molecular formula is C24H24N2O4S. The molecule has 0 aliphatic carbocycles. The molecule has 7 heteroatoms. The van der Waals surface area contributed by atoms with E-state index in [1.54, 1.807) is 24.3 Å². The number of carbonyl (C=O) groups is 1. The summed E-state index contributed by atoms with van der Waals surface area (Å²) >= 11 is 1.34. The normalized spacial score (nSPS) is 22.8. The van der Waals surface area contributed by atoms with Gasteiger partial charge in [-0.25, -0.2) is 0 Å². The van der Waals surface area contributed by atoms with E-state index in [2.05, 4.69) is 6.07 Å². The number of aliphatic hydroxyl groups is 1. The van der Waals surface area contributed by atoms with Crippen LogP contribution in [0.4, 0.5) is 0 Å². The molecule has 4 rings (SSSR count). The summed E-state index contributed by atoms with van der Waals surface area (Å²) in [6, 6.07) is 16.9. The second-order valence-electron chi connectivity index (χ2n) is 7.38. The molecule has 0 bridgehead atoms. The number of benzene rings is 2. The molecule has 2 heterocycles. The number of hydrogen-bond acceptors (Lipinski definition) is 6. The monoisotopic (exact) mass is 436 g/mol. The first-order valence-electron chi connectivity index (χ1n) is 10.3. The maximum atomic E-state index is 13.2. The second kappa shape index (κ2) is 8.66. The summed E-state index contributed by atoms with van der Waals surface area (Å²) in [7, 11) is 0. The van der Waals surface area contributed by atoms with E-state index in [0.717, 1.165) is 11.3 Å². The highest BCUT2D eigenvalue weighted by Crippen LogP contribution is 2.51. The van der Waals surface area contributed by atoms with Crippen LogP contribution >= 0.6 is 11.8 Å². The molecule has 2 aromatic carbocycles. The predicted octanol–water partition coefficient (Wildman–Crippen LogP) is 4.13. The molecule has 1 amide bonds. The Kier molecular flexibility index (Phi) is 5.94. The van der Waals surface area contributed by atoms with Gasteiger partial charge in [-0.1, -0.05) is 24.3 Å². The summed E-state index contributed by atoms with van der Waals surface area (Å²) in [5, 5.41) is 22.0. The fourth-order valence-corrected chi connectivity index (χ4v) is 5.43. The molecule has 6 nitrogen and oxygen atoms in total. The van der Waals surface area contributed by atoms with Crippen molar-refractivity contribution < 1.29 is 19.4 Å². The fourth-order valence-electron chi connectivity index (χ4n) is 4.07. The average molecular weight is 437 g/mol. The van der Waals surface area contributed by atoms with Gasteiger partial charge < -0.3 is 14.6 Å². The molecule has 1 saturated heterocycles. The van der Waals surface area contributed by atoms with Crippen molar-refractivity contribution in [2.24, 2.45) is 0 Å². The van der Waals surface area contributed by atoms with Crippen LogP contribution in [0.2, 0.25) is 0 Å². The Morgan fingerprint density at radius 1 is 1.10 bits per heavy atom. The van der Waals surface area contributed by atoms with Gasteiger partial charge >= 0.3 is 0 Å². The van der Waals surface area contributed by atoms with Gasteiger partial charge in [0.25, 0.3) is 0 Å². The van der Waals surface area contributed by atoms with Gasteiger partial charge in [0.1, 0.15) is 11.5 Å². The van der Waals surface area contributed by atoms with E-state index < -0.39 is 5.72 Å². The Morgan fingerprint density at radius 2 is 1.68 bits per heavy atom. The minimum absolute atomic E-state index is 0.125. The lowest BCUT2D eigenvalue weighted by Gasteiger charge is -2.38. The van der Waals surface area contributed by atoms with Gasteiger partial charge in [-0.3, -0.25) is 9.69 Å². The minimum atomic E-state index is -1.49. The van der Waals surface area contributed by atoms with Crippen LogP contribution in [0.25, 0.3) is 0 Å². The van der Waals surface area contributed by atoms with Crippen LogP contribution in [-0.2, 0) is 10.5 Å². The minimum Gasteiger partial charge on any atom is -0.494 e. The molecule has 2 atom stereocenters. The van der Waals surface area contributed by atoms with E-state index in [1.165, 1.54) is 16.7 Å². The van der Waals surface area contributed by atoms with Crippen molar-refractivity contribution in [2.45, 2.75) is 31.9 Å². The Labute approximate surface area is 186 Å². The number of rotatable bonds is 6. The molecule has 0 unspecified atom stereocenters. The lowest BCUT2D eigenvalue weighted by molar-refractivity contribution is -0.149. The number of carbonyl (C=O) groups excluding carboxylic acids is 1. The molecule has 0 radical (unpaired) electrons. The predicted molar refractivity (Wildman–Crippen MR) is 118 cm³/mol. The van der Waals surface area contributed by atoms with E-state index in [0.29, 0.717) is 35.1 Å². The summed E-state index contributed by atoms with van der Waals surface area (Å²) in [4.78, 5) is 14.6. The number of nitrogens with zero attached hydrogens (tertiary/aromatic N) is 2. The number of nitriles is 1. The average Bonchev–Trinajstić information content (AvgIpc) is 3.14. The lowest BCUT2D eigenvalue weighted by Crippen LogP contribution is -2.48. The van der Waals surface area contributed by atoms with Crippen molar-refractivity contribution in [1.29, 1.82) is 5.26 Å². The summed E-state index contributed by atoms with van der Waals surface area (Å²) < 4.78 is 11.0. The van der Waals surface area contributed by atoms with Gasteiger partial charge in [0, 0.05) is 17.9 Å². The third-order valence-corrected chi connectivity index (χ3v) is 6.75. The van der Waals surface area contributed by atoms with Crippen molar-refractivity contribution in [3.63, 3.8) is 0 Å². The summed E-state index contributed by atoms with van der Waals surface area (Å²) in [5.74, 6) is 1.18. The zero-order chi connectivity index (χ0) is 22.0. The van der Waals surface area contributed by atoms with Crippen LogP contribution in [0, 0.1) is 11.3 Å². The third-order valence-electron chi connectivity index (χ3n) is 5.53. The molecule has 0 saturated carbocycles. The first-order valence-corrected chi connectivity index (χ1v) is 11.3. The van der Waals surface area contributed by atoms with Crippen molar-refractivity contribution in [3.8, 4) is 17.6 Å². The van der Waals surface area contributed by atoms with Crippen LogP contribution in [0.3, 0.4) is 0 Å². The molecule has 1 fully saturated rings. The Balaban J connectivity index is 1.69. The third kappa shape index (κ3) is 3.78. The number of allylic oxidation sites excluding steroid dienone is 1. The molecule has 0 spiro atoms. The number of thioether (sulfide) groups is 1. The SMILES string of the molecule is CCOc1ccc([C@H]2CC(=O)N3C(=C2C#N)SC[C@@]3(O)c2ccc(OCC)cc2)cc1. The van der Waals surface area contributed by atoms with Crippen LogP contribution in [0.15, 0.2) is 59.1 Å². The molecule has 0 aromatic heterocycles. The summed E-state index contributed by atoms with van der Waals surface area (Å²) in [5.41, 5.74) is 0.505. The van der Waals surface area contributed by atoms with E-state index in [1.807, 2.05) is 38.1 Å². The van der Waals surface area contributed by atoms with Gasteiger partial charge in [0.2, 0.25) is 5.91 Å². The number of amides is 1. The van der Waals surface area contributed by atoms with Gasteiger partial charge in [-0.05, 0) is 43.7 Å². The molecule has 2 aromatic rings. The van der Waals surface area contributed by atoms with Crippen LogP contribution in [-0.4, -0.2) is 34.9 Å². The molecule has 160 valence electrons. The number of ether oxygens (including phenoxy) is 2. The van der Waals surface area contributed by atoms with Gasteiger partial charge in [0.15, 0.2) is 5.72 Å². The lowest BCUT2D eigenvalue weighted by atomic mass is 9.85. The zero-order valence-electron chi connectivity index (χ0n) is 17.5. The van der Waals surface area contributed by atoms with Crippen molar-refractivity contribution >= 4 is 17.7 Å². The summed E-state index contributed by atoms with van der Waals surface area (Å²) in [6.07, 6.45) is 0.125. The van der Waals surface area contributed by atoms with Crippen molar-refractivity contribution in [1.82, 2.24) is 4.90 Å². The van der Waals surface area contributed by atoms with Gasteiger partial charge in [0.05, 0.1) is 35.6 Å². The maximum Gasteiger partial charge on any atom is 0.231 e. The summed E-state index contributed by atoms with van der Waals surface area (Å²) in [6.45, 7) is 4.95. The largest absolute Gasteiger partial charge is 0.494 e. The standard InChI is InChI=1S/C24H24N2O4S/c1-3-29-18-9-5-16(6-10-18)20-13-22(27)26-23(21(20)14-25)31-15-24(26,28)17-7-11-19(12-8-17)30-4-2/h5-12,20,28H,3-4,13,15H2,1-2H3/t20-,24-/m1/s1. The molecule has 2 aliphatic heterocycles. The van der Waals surface area contributed by atoms with Crippen LogP contribution in [0.5, 0.6) is 11.5 Å². The highest BCUT2D eigenvalue weighted by molar-refractivity contribution is 8.03.